The number of hydrazine groups is 3. The molecular formula is C23H36N4O5. The van der Waals surface area contributed by atoms with Gasteiger partial charge in [0.25, 0.3) is 5.91 Å². The van der Waals surface area contributed by atoms with Gasteiger partial charge < -0.3 is 9.47 Å². The highest BCUT2D eigenvalue weighted by Crippen LogP contribution is 2.29. The molecule has 0 unspecified atom stereocenters. The third-order valence-corrected chi connectivity index (χ3v) is 4.39. The number of rotatable bonds is 16. The molecule has 178 valence electrons. The van der Waals surface area contributed by atoms with E-state index >= 15 is 0 Å². The average Bonchev–Trinajstić information content (AvgIpc) is 2.74. The Morgan fingerprint density at radius 1 is 0.844 bits per heavy atom. The average molecular weight is 449 g/mol. The summed E-state index contributed by atoms with van der Waals surface area (Å²) in [6.07, 6.45) is 12.9. The molecule has 4 N–H and O–H groups in total. The second kappa shape index (κ2) is 16.9. The van der Waals surface area contributed by atoms with Gasteiger partial charge >= 0.3 is 11.9 Å². The number of benzene rings is 1. The first kappa shape index (κ1) is 27.3. The fraction of sp³-hybridized carbons (Fsp3) is 0.522. The first-order valence-corrected chi connectivity index (χ1v) is 11.1. The van der Waals surface area contributed by atoms with Gasteiger partial charge in [0.15, 0.2) is 11.5 Å². The Kier molecular flexibility index (Phi) is 14.4. The second-order valence-corrected chi connectivity index (χ2v) is 7.37. The van der Waals surface area contributed by atoms with Crippen LogP contribution < -0.4 is 31.4 Å². The summed E-state index contributed by atoms with van der Waals surface area (Å²) in [5.41, 5.74) is 11.3. The van der Waals surface area contributed by atoms with E-state index in [1.807, 2.05) is 0 Å². The van der Waals surface area contributed by atoms with Crippen LogP contribution in [0.2, 0.25) is 0 Å². The Morgan fingerprint density at radius 3 is 2.12 bits per heavy atom. The summed E-state index contributed by atoms with van der Waals surface area (Å²) in [5, 5.41) is 0. The Bertz CT molecular complexity index is 752. The van der Waals surface area contributed by atoms with E-state index < -0.39 is 11.9 Å². The van der Waals surface area contributed by atoms with Gasteiger partial charge in [0.1, 0.15) is 0 Å². The Labute approximate surface area is 190 Å². The minimum Gasteiger partial charge on any atom is -0.423 e. The van der Waals surface area contributed by atoms with Crippen LogP contribution in [0, 0.1) is 0 Å². The summed E-state index contributed by atoms with van der Waals surface area (Å²) in [6, 6.07) is 4.62. The van der Waals surface area contributed by atoms with Gasteiger partial charge in [0.05, 0.1) is 0 Å². The number of amides is 1. The number of ether oxygens (including phenoxy) is 2. The van der Waals surface area contributed by atoms with Crippen molar-refractivity contribution in [2.75, 3.05) is 6.54 Å². The smallest absolute Gasteiger partial charge is 0.308 e. The number of hydrogen-bond donors (Lipinski definition) is 4. The zero-order valence-corrected chi connectivity index (χ0v) is 19.3. The summed E-state index contributed by atoms with van der Waals surface area (Å²) >= 11 is 0. The van der Waals surface area contributed by atoms with E-state index in [9.17, 15) is 14.4 Å². The van der Waals surface area contributed by atoms with E-state index in [1.54, 1.807) is 6.07 Å². The molecule has 0 atom stereocenters. The largest absolute Gasteiger partial charge is 0.423 e. The van der Waals surface area contributed by atoms with Crippen LogP contribution in [-0.4, -0.2) is 24.4 Å². The van der Waals surface area contributed by atoms with E-state index in [0.29, 0.717) is 5.56 Å². The Hall–Kier alpha value is -2.75. The van der Waals surface area contributed by atoms with Gasteiger partial charge in [-0.25, -0.2) is 5.43 Å². The summed E-state index contributed by atoms with van der Waals surface area (Å²) in [4.78, 5) is 34.3. The lowest BCUT2D eigenvalue weighted by molar-refractivity contribution is -0.134. The standard InChI is InChI=1S/C23H36N4O5/c1-4-5-6-7-8-9-10-11-16-24-26-27-25-23(30)15-13-20-12-14-21(31-18(2)28)22(17-20)32-19(3)29/h12-15,17,24,26-27H,4-11,16H2,1-3H3,(H,25,30). The molecule has 1 aromatic rings. The van der Waals surface area contributed by atoms with Gasteiger partial charge in [0.2, 0.25) is 0 Å². The lowest BCUT2D eigenvalue weighted by atomic mass is 10.1. The molecule has 0 bridgehead atoms. The molecule has 0 radical (unpaired) electrons. The van der Waals surface area contributed by atoms with Crippen molar-refractivity contribution in [1.29, 1.82) is 0 Å². The molecule has 1 rings (SSSR count). The van der Waals surface area contributed by atoms with Crippen molar-refractivity contribution in [2.24, 2.45) is 0 Å². The number of carbonyl (C=O) groups excluding carboxylic acids is 3. The van der Waals surface area contributed by atoms with Crippen LogP contribution in [-0.2, 0) is 14.4 Å². The number of carbonyl (C=O) groups is 3. The highest BCUT2D eigenvalue weighted by molar-refractivity contribution is 5.91. The fourth-order valence-electron chi connectivity index (χ4n) is 2.86. The van der Waals surface area contributed by atoms with Crippen molar-refractivity contribution in [3.63, 3.8) is 0 Å². The van der Waals surface area contributed by atoms with Gasteiger partial charge in [-0.3, -0.25) is 19.8 Å². The van der Waals surface area contributed by atoms with Crippen molar-refractivity contribution >= 4 is 23.9 Å². The molecule has 0 spiro atoms. The van der Waals surface area contributed by atoms with Gasteiger partial charge in [-0.15, -0.1) is 0 Å². The molecule has 0 aliphatic carbocycles. The maximum absolute atomic E-state index is 11.9. The minimum atomic E-state index is -0.549. The topological polar surface area (TPSA) is 118 Å². The highest BCUT2D eigenvalue weighted by Gasteiger charge is 2.10. The normalized spacial score (nSPS) is 10.8. The van der Waals surface area contributed by atoms with Crippen LogP contribution in [0.25, 0.3) is 6.08 Å². The first-order valence-electron chi connectivity index (χ1n) is 11.1. The van der Waals surface area contributed by atoms with Crippen molar-refractivity contribution in [2.45, 2.75) is 72.1 Å². The molecule has 0 saturated carbocycles. The molecule has 1 aromatic carbocycles. The Morgan fingerprint density at radius 2 is 1.47 bits per heavy atom. The summed E-state index contributed by atoms with van der Waals surface area (Å²) in [6.45, 7) is 5.51. The molecule has 1 amide bonds. The molecule has 0 aliphatic heterocycles. The summed E-state index contributed by atoms with van der Waals surface area (Å²) in [5.74, 6) is -1.24. The maximum atomic E-state index is 11.9. The van der Waals surface area contributed by atoms with Crippen LogP contribution in [0.5, 0.6) is 11.5 Å². The minimum absolute atomic E-state index is 0.0974. The molecule has 0 aliphatic rings. The molecule has 0 heterocycles. The molecular weight excluding hydrogens is 412 g/mol. The number of esters is 2. The highest BCUT2D eigenvalue weighted by atomic mass is 16.6. The maximum Gasteiger partial charge on any atom is 0.308 e. The summed E-state index contributed by atoms with van der Waals surface area (Å²) in [7, 11) is 0. The quantitative estimate of drug-likeness (QED) is 0.100. The molecule has 0 fully saturated rings. The van der Waals surface area contributed by atoms with E-state index in [0.717, 1.165) is 13.0 Å². The van der Waals surface area contributed by atoms with Crippen LogP contribution in [0.3, 0.4) is 0 Å². The molecule has 0 aromatic heterocycles. The van der Waals surface area contributed by atoms with Gasteiger partial charge in [-0.05, 0) is 30.2 Å². The van der Waals surface area contributed by atoms with Crippen molar-refractivity contribution in [1.82, 2.24) is 21.9 Å². The molecule has 32 heavy (non-hydrogen) atoms. The monoisotopic (exact) mass is 448 g/mol. The van der Waals surface area contributed by atoms with E-state index in [-0.39, 0.29) is 17.4 Å². The third kappa shape index (κ3) is 13.5. The van der Waals surface area contributed by atoms with Crippen LogP contribution in [0.1, 0.15) is 77.7 Å². The van der Waals surface area contributed by atoms with Crippen molar-refractivity contribution in [3.05, 3.63) is 29.8 Å². The first-order chi connectivity index (χ1) is 15.4. The van der Waals surface area contributed by atoms with Gasteiger partial charge in [-0.2, -0.15) is 11.1 Å². The molecule has 9 heteroatoms. The van der Waals surface area contributed by atoms with E-state index in [2.05, 4.69) is 28.8 Å². The van der Waals surface area contributed by atoms with Gasteiger partial charge in [-0.1, -0.05) is 57.9 Å². The summed E-state index contributed by atoms with van der Waals surface area (Å²) < 4.78 is 10.1. The SMILES string of the molecule is CCCCCCCCCCNNNNC(=O)C=Cc1ccc(OC(C)=O)c(OC(C)=O)c1. The zero-order chi connectivity index (χ0) is 23.6. The van der Waals surface area contributed by atoms with Crippen LogP contribution >= 0.6 is 0 Å². The number of unbranched alkanes of at least 4 members (excludes halogenated alkanes) is 7. The van der Waals surface area contributed by atoms with Crippen molar-refractivity contribution in [3.8, 4) is 11.5 Å². The van der Waals surface area contributed by atoms with Crippen LogP contribution in [0.15, 0.2) is 24.3 Å². The number of hydrogen-bond acceptors (Lipinski definition) is 8. The van der Waals surface area contributed by atoms with Crippen molar-refractivity contribution < 1.29 is 23.9 Å². The van der Waals surface area contributed by atoms with Gasteiger partial charge in [0, 0.05) is 26.5 Å². The lowest BCUT2D eigenvalue weighted by Crippen LogP contribution is -2.52. The number of nitrogens with one attached hydrogen (secondary N) is 4. The second-order valence-electron chi connectivity index (χ2n) is 7.37. The molecule has 0 saturated heterocycles. The van der Waals surface area contributed by atoms with Crippen LogP contribution in [0.4, 0.5) is 0 Å². The predicted octanol–water partition coefficient (Wildman–Crippen LogP) is 3.32. The van der Waals surface area contributed by atoms with E-state index in [1.165, 1.54) is 83.1 Å². The Balaban J connectivity index is 2.26. The third-order valence-electron chi connectivity index (χ3n) is 4.39. The lowest BCUT2D eigenvalue weighted by Gasteiger charge is -2.09. The molecule has 9 nitrogen and oxygen atoms in total. The zero-order valence-electron chi connectivity index (χ0n) is 19.3. The fourth-order valence-corrected chi connectivity index (χ4v) is 2.86. The van der Waals surface area contributed by atoms with E-state index in [4.69, 9.17) is 9.47 Å². The predicted molar refractivity (Wildman–Crippen MR) is 123 cm³/mol.